The number of nitrogens with zero attached hydrogens (tertiary/aromatic N) is 4. The van der Waals surface area contributed by atoms with E-state index in [0.29, 0.717) is 22.8 Å². The van der Waals surface area contributed by atoms with Crippen molar-refractivity contribution in [2.45, 2.75) is 0 Å². The molecule has 0 aliphatic heterocycles. The van der Waals surface area contributed by atoms with Gasteiger partial charge in [-0.25, -0.2) is 14.6 Å². The maximum absolute atomic E-state index is 5.38. The van der Waals surface area contributed by atoms with Crippen LogP contribution in [-0.4, -0.2) is 34.0 Å². The van der Waals surface area contributed by atoms with Gasteiger partial charge in [0.1, 0.15) is 11.8 Å². The third kappa shape index (κ3) is 1.77. The summed E-state index contributed by atoms with van der Waals surface area (Å²) in [7, 11) is 3.19. The lowest BCUT2D eigenvalue weighted by molar-refractivity contribution is 0.358. The van der Waals surface area contributed by atoms with Crippen molar-refractivity contribution in [3.05, 3.63) is 36.9 Å². The van der Waals surface area contributed by atoms with Gasteiger partial charge in [0.05, 0.1) is 14.2 Å². The highest BCUT2D eigenvalue weighted by molar-refractivity contribution is 5.91. The van der Waals surface area contributed by atoms with E-state index in [9.17, 15) is 0 Å². The Kier molecular flexibility index (Phi) is 2.75. The van der Waals surface area contributed by atoms with Crippen LogP contribution in [0.25, 0.3) is 16.7 Å². The van der Waals surface area contributed by atoms with Crippen LogP contribution in [0.3, 0.4) is 0 Å². The third-order valence-corrected chi connectivity index (χ3v) is 2.85. The molecule has 0 bridgehead atoms. The fraction of sp³-hybridized carbons (Fsp3) is 0.154. The lowest BCUT2D eigenvalue weighted by Crippen LogP contribution is -2.01. The summed E-state index contributed by atoms with van der Waals surface area (Å²) in [6, 6.07) is 5.57. The first-order valence-corrected chi connectivity index (χ1v) is 5.71. The number of aromatic nitrogens is 4. The second-order valence-electron chi connectivity index (χ2n) is 3.85. The molecule has 0 fully saturated rings. The molecule has 6 nitrogen and oxygen atoms in total. The van der Waals surface area contributed by atoms with Gasteiger partial charge in [-0.05, 0) is 18.2 Å². The quantitative estimate of drug-likeness (QED) is 0.715. The molecule has 6 heteroatoms. The minimum Gasteiger partial charge on any atom is -0.493 e. The molecule has 0 atom stereocenters. The topological polar surface area (TPSA) is 62.1 Å². The van der Waals surface area contributed by atoms with Gasteiger partial charge in [0, 0.05) is 17.8 Å². The summed E-state index contributed by atoms with van der Waals surface area (Å²) in [5.41, 5.74) is 0.697. The Bertz CT molecular complexity index is 710. The summed E-state index contributed by atoms with van der Waals surface area (Å²) in [6.45, 7) is 0. The molecule has 0 amide bonds. The van der Waals surface area contributed by atoms with E-state index in [2.05, 4.69) is 15.1 Å². The average molecular weight is 256 g/mol. The van der Waals surface area contributed by atoms with Crippen LogP contribution in [0, 0.1) is 0 Å². The maximum atomic E-state index is 5.38. The second kappa shape index (κ2) is 4.56. The van der Waals surface area contributed by atoms with Crippen LogP contribution in [0.2, 0.25) is 0 Å². The van der Waals surface area contributed by atoms with Crippen LogP contribution in [0.1, 0.15) is 0 Å². The number of benzene rings is 1. The van der Waals surface area contributed by atoms with Crippen molar-refractivity contribution in [2.24, 2.45) is 0 Å². The summed E-state index contributed by atoms with van der Waals surface area (Å²) >= 11 is 0. The molecule has 1 aromatic carbocycles. The Labute approximate surface area is 109 Å². The van der Waals surface area contributed by atoms with Gasteiger partial charge >= 0.3 is 0 Å². The van der Waals surface area contributed by atoms with E-state index >= 15 is 0 Å². The van der Waals surface area contributed by atoms with Gasteiger partial charge in [-0.15, -0.1) is 0 Å². The van der Waals surface area contributed by atoms with E-state index < -0.39 is 0 Å². The van der Waals surface area contributed by atoms with Gasteiger partial charge in [0.2, 0.25) is 0 Å². The normalized spacial score (nSPS) is 10.6. The SMILES string of the molecule is COc1ccc2c(-n3cccn3)ncnc2c1OC. The molecule has 96 valence electrons. The fourth-order valence-electron chi connectivity index (χ4n) is 2.01. The van der Waals surface area contributed by atoms with E-state index in [1.165, 1.54) is 6.33 Å². The highest BCUT2D eigenvalue weighted by Crippen LogP contribution is 2.35. The van der Waals surface area contributed by atoms with E-state index in [-0.39, 0.29) is 0 Å². The maximum Gasteiger partial charge on any atom is 0.187 e. The molecule has 0 N–H and O–H groups in total. The summed E-state index contributed by atoms with van der Waals surface area (Å²) < 4.78 is 12.3. The molecule has 19 heavy (non-hydrogen) atoms. The molecule has 3 aromatic rings. The van der Waals surface area contributed by atoms with Crippen LogP contribution < -0.4 is 9.47 Å². The number of ether oxygens (including phenoxy) is 2. The van der Waals surface area contributed by atoms with Crippen molar-refractivity contribution >= 4 is 10.9 Å². The van der Waals surface area contributed by atoms with Gasteiger partial charge in [0.25, 0.3) is 0 Å². The molecule has 0 saturated carbocycles. The molecule has 0 spiro atoms. The zero-order valence-corrected chi connectivity index (χ0v) is 10.6. The zero-order chi connectivity index (χ0) is 13.2. The standard InChI is InChI=1S/C13H12N4O2/c1-18-10-5-4-9-11(12(10)19-2)14-8-15-13(9)17-7-3-6-16-17/h3-8H,1-2H3. The van der Waals surface area contributed by atoms with Crippen molar-refractivity contribution in [1.29, 1.82) is 0 Å². The Hall–Kier alpha value is -2.63. The Morgan fingerprint density at radius 1 is 1.11 bits per heavy atom. The predicted molar refractivity (Wildman–Crippen MR) is 69.8 cm³/mol. The fourth-order valence-corrected chi connectivity index (χ4v) is 2.01. The Balaban J connectivity index is 2.33. The number of hydrogen-bond acceptors (Lipinski definition) is 5. The Morgan fingerprint density at radius 2 is 2.00 bits per heavy atom. The first kappa shape index (κ1) is 11.5. The molecule has 0 aliphatic carbocycles. The van der Waals surface area contributed by atoms with Crippen LogP contribution in [0.15, 0.2) is 36.9 Å². The van der Waals surface area contributed by atoms with Crippen molar-refractivity contribution in [1.82, 2.24) is 19.7 Å². The number of rotatable bonds is 3. The predicted octanol–water partition coefficient (Wildman–Crippen LogP) is 1.83. The van der Waals surface area contributed by atoms with E-state index in [4.69, 9.17) is 9.47 Å². The molecule has 3 rings (SSSR count). The van der Waals surface area contributed by atoms with Gasteiger partial charge < -0.3 is 9.47 Å². The van der Waals surface area contributed by atoms with Gasteiger partial charge in [-0.2, -0.15) is 5.10 Å². The van der Waals surface area contributed by atoms with Crippen LogP contribution >= 0.6 is 0 Å². The molecular weight excluding hydrogens is 244 g/mol. The summed E-state index contributed by atoms with van der Waals surface area (Å²) in [4.78, 5) is 8.55. The first-order valence-electron chi connectivity index (χ1n) is 5.71. The second-order valence-corrected chi connectivity index (χ2v) is 3.85. The summed E-state index contributed by atoms with van der Waals surface area (Å²) in [6.07, 6.45) is 5.02. The van der Waals surface area contributed by atoms with Gasteiger partial charge in [-0.3, -0.25) is 0 Å². The van der Waals surface area contributed by atoms with Gasteiger partial charge in [-0.1, -0.05) is 0 Å². The van der Waals surface area contributed by atoms with Crippen molar-refractivity contribution in [3.63, 3.8) is 0 Å². The molecule has 0 saturated heterocycles. The lowest BCUT2D eigenvalue weighted by Gasteiger charge is -2.11. The summed E-state index contributed by atoms with van der Waals surface area (Å²) in [5, 5.41) is 5.04. The monoisotopic (exact) mass is 256 g/mol. The Morgan fingerprint density at radius 3 is 2.68 bits per heavy atom. The lowest BCUT2D eigenvalue weighted by atomic mass is 10.2. The number of methoxy groups -OCH3 is 2. The summed E-state index contributed by atoms with van der Waals surface area (Å²) in [5.74, 6) is 1.94. The van der Waals surface area contributed by atoms with Crippen molar-refractivity contribution in [3.8, 4) is 17.3 Å². The van der Waals surface area contributed by atoms with Crippen LogP contribution in [0.4, 0.5) is 0 Å². The third-order valence-electron chi connectivity index (χ3n) is 2.85. The molecule has 0 aliphatic rings. The molecular formula is C13H12N4O2. The molecule has 2 heterocycles. The minimum atomic E-state index is 0.593. The van der Waals surface area contributed by atoms with Crippen LogP contribution in [-0.2, 0) is 0 Å². The van der Waals surface area contributed by atoms with Crippen LogP contribution in [0.5, 0.6) is 11.5 Å². The smallest absolute Gasteiger partial charge is 0.187 e. The number of hydrogen-bond donors (Lipinski definition) is 0. The molecule has 0 radical (unpaired) electrons. The average Bonchev–Trinajstić information content (AvgIpc) is 2.99. The number of fused-ring (bicyclic) bond motifs is 1. The molecule has 0 unspecified atom stereocenters. The minimum absolute atomic E-state index is 0.593. The molecule has 2 aromatic heterocycles. The first-order chi connectivity index (χ1) is 9.35. The van der Waals surface area contributed by atoms with E-state index in [1.807, 2.05) is 24.4 Å². The zero-order valence-electron chi connectivity index (χ0n) is 10.6. The van der Waals surface area contributed by atoms with E-state index in [0.717, 1.165) is 5.39 Å². The highest BCUT2D eigenvalue weighted by atomic mass is 16.5. The van der Waals surface area contributed by atoms with E-state index in [1.54, 1.807) is 25.1 Å². The van der Waals surface area contributed by atoms with Gasteiger partial charge in [0.15, 0.2) is 17.3 Å². The highest BCUT2D eigenvalue weighted by Gasteiger charge is 2.14. The van der Waals surface area contributed by atoms with Crippen molar-refractivity contribution in [2.75, 3.05) is 14.2 Å². The largest absolute Gasteiger partial charge is 0.493 e. The van der Waals surface area contributed by atoms with Crippen molar-refractivity contribution < 1.29 is 9.47 Å².